The van der Waals surface area contributed by atoms with E-state index in [-0.39, 0.29) is 0 Å². The van der Waals surface area contributed by atoms with Crippen LogP contribution in [0.2, 0.25) is 0 Å². The van der Waals surface area contributed by atoms with E-state index in [0.717, 1.165) is 0 Å². The number of hydrogen-bond donors (Lipinski definition) is 2. The number of nitrogens with zero attached hydrogens (tertiary/aromatic N) is 2. The Hall–Kier alpha value is -2.10. The molecule has 0 amide bonds. The van der Waals surface area contributed by atoms with Crippen molar-refractivity contribution in [3.63, 3.8) is 0 Å². The summed E-state index contributed by atoms with van der Waals surface area (Å²) in [6.07, 6.45) is 6.60. The Labute approximate surface area is 82.6 Å². The Balaban J connectivity index is 0.000000140. The lowest BCUT2D eigenvalue weighted by molar-refractivity contribution is 1.33. The average molecular weight is 188 g/mol. The van der Waals surface area contributed by atoms with Gasteiger partial charge in [-0.2, -0.15) is 0 Å². The lowest BCUT2D eigenvalue weighted by Gasteiger charge is -1.83. The van der Waals surface area contributed by atoms with Gasteiger partial charge in [0.15, 0.2) is 0 Å². The van der Waals surface area contributed by atoms with Gasteiger partial charge in [0.1, 0.15) is 0 Å². The maximum absolute atomic E-state index is 5.30. The first-order chi connectivity index (χ1) is 6.79. The molecule has 2 aromatic rings. The molecular formula is C10H12N4. The molecule has 0 atom stereocenters. The lowest BCUT2D eigenvalue weighted by atomic mass is 10.4. The molecule has 0 fully saturated rings. The predicted molar refractivity (Wildman–Crippen MR) is 57.3 cm³/mol. The zero-order chi connectivity index (χ0) is 10.2. The van der Waals surface area contributed by atoms with Crippen molar-refractivity contribution >= 4 is 11.4 Å². The van der Waals surface area contributed by atoms with Crippen LogP contribution in [-0.4, -0.2) is 9.97 Å². The van der Waals surface area contributed by atoms with Crippen LogP contribution in [0.5, 0.6) is 0 Å². The number of anilines is 2. The topological polar surface area (TPSA) is 77.8 Å². The van der Waals surface area contributed by atoms with Crippen LogP contribution in [0.15, 0.2) is 49.1 Å². The van der Waals surface area contributed by atoms with Gasteiger partial charge in [0, 0.05) is 24.8 Å². The van der Waals surface area contributed by atoms with Crippen LogP contribution in [0.1, 0.15) is 0 Å². The Morgan fingerprint density at radius 2 is 1.21 bits per heavy atom. The summed E-state index contributed by atoms with van der Waals surface area (Å²) in [6.45, 7) is 0. The van der Waals surface area contributed by atoms with Crippen LogP contribution in [-0.2, 0) is 0 Å². The lowest BCUT2D eigenvalue weighted by Crippen LogP contribution is -1.82. The van der Waals surface area contributed by atoms with Crippen LogP contribution < -0.4 is 11.5 Å². The first-order valence-electron chi connectivity index (χ1n) is 4.10. The molecule has 0 saturated heterocycles. The quantitative estimate of drug-likeness (QED) is 0.653. The monoisotopic (exact) mass is 188 g/mol. The van der Waals surface area contributed by atoms with Gasteiger partial charge >= 0.3 is 0 Å². The van der Waals surface area contributed by atoms with E-state index >= 15 is 0 Å². The second-order valence-corrected chi connectivity index (χ2v) is 2.57. The van der Waals surface area contributed by atoms with Crippen molar-refractivity contribution in [1.82, 2.24) is 9.97 Å². The summed E-state index contributed by atoms with van der Waals surface area (Å²) in [5.41, 5.74) is 12.0. The molecule has 2 rings (SSSR count). The Morgan fingerprint density at radius 3 is 1.36 bits per heavy atom. The highest BCUT2D eigenvalue weighted by Gasteiger charge is 1.74. The molecule has 0 aromatic carbocycles. The number of pyridine rings is 2. The maximum Gasteiger partial charge on any atom is 0.0500 e. The molecule has 0 unspecified atom stereocenters. The fourth-order valence-electron chi connectivity index (χ4n) is 0.752. The molecular weight excluding hydrogens is 176 g/mol. The Kier molecular flexibility index (Phi) is 3.94. The van der Waals surface area contributed by atoms with Crippen molar-refractivity contribution in [3.8, 4) is 0 Å². The molecule has 2 aromatic heterocycles. The summed E-state index contributed by atoms with van der Waals surface area (Å²) in [5.74, 6) is 0. The van der Waals surface area contributed by atoms with E-state index in [1.807, 2.05) is 0 Å². The minimum absolute atomic E-state index is 0.711. The Bertz CT molecular complexity index is 310. The molecule has 72 valence electrons. The molecule has 0 aliphatic rings. The van der Waals surface area contributed by atoms with Crippen LogP contribution in [0.4, 0.5) is 11.4 Å². The third kappa shape index (κ3) is 4.06. The van der Waals surface area contributed by atoms with E-state index in [1.54, 1.807) is 49.1 Å². The van der Waals surface area contributed by atoms with E-state index in [4.69, 9.17) is 11.5 Å². The zero-order valence-electron chi connectivity index (χ0n) is 7.67. The average Bonchev–Trinajstić information content (AvgIpc) is 2.21. The largest absolute Gasteiger partial charge is 0.397 e. The van der Waals surface area contributed by atoms with E-state index in [1.165, 1.54) is 0 Å². The second-order valence-electron chi connectivity index (χ2n) is 2.57. The van der Waals surface area contributed by atoms with Gasteiger partial charge < -0.3 is 11.5 Å². The molecule has 0 spiro atoms. The van der Waals surface area contributed by atoms with Gasteiger partial charge in [-0.1, -0.05) is 0 Å². The number of aromatic nitrogens is 2. The molecule has 0 aliphatic carbocycles. The number of rotatable bonds is 0. The summed E-state index contributed by atoms with van der Waals surface area (Å²) in [5, 5.41) is 0. The molecule has 0 radical (unpaired) electrons. The van der Waals surface area contributed by atoms with E-state index in [9.17, 15) is 0 Å². The smallest absolute Gasteiger partial charge is 0.0500 e. The minimum Gasteiger partial charge on any atom is -0.397 e. The number of nitrogens with two attached hydrogens (primary N) is 2. The normalized spacial score (nSPS) is 8.57. The highest BCUT2D eigenvalue weighted by atomic mass is 14.7. The van der Waals surface area contributed by atoms with E-state index in [2.05, 4.69) is 9.97 Å². The first kappa shape index (κ1) is 9.98. The molecule has 0 aliphatic heterocycles. The highest BCUT2D eigenvalue weighted by Crippen LogP contribution is 1.92. The number of nitrogen functional groups attached to an aromatic ring is 2. The molecule has 4 nitrogen and oxygen atoms in total. The Morgan fingerprint density at radius 1 is 0.786 bits per heavy atom. The van der Waals surface area contributed by atoms with Crippen molar-refractivity contribution in [1.29, 1.82) is 0 Å². The van der Waals surface area contributed by atoms with Gasteiger partial charge in [-0.05, 0) is 24.3 Å². The summed E-state index contributed by atoms with van der Waals surface area (Å²) >= 11 is 0. The molecule has 0 saturated carbocycles. The van der Waals surface area contributed by atoms with Crippen molar-refractivity contribution in [2.45, 2.75) is 0 Å². The van der Waals surface area contributed by atoms with E-state index < -0.39 is 0 Å². The molecule has 4 N–H and O–H groups in total. The van der Waals surface area contributed by atoms with Gasteiger partial charge in [0.25, 0.3) is 0 Å². The van der Waals surface area contributed by atoms with Crippen LogP contribution in [0.3, 0.4) is 0 Å². The van der Waals surface area contributed by atoms with Crippen molar-refractivity contribution < 1.29 is 0 Å². The van der Waals surface area contributed by atoms with Gasteiger partial charge in [0.05, 0.1) is 11.4 Å². The van der Waals surface area contributed by atoms with Gasteiger partial charge in [-0.25, -0.2) is 0 Å². The fraction of sp³-hybridized carbons (Fsp3) is 0. The number of hydrogen-bond acceptors (Lipinski definition) is 4. The zero-order valence-corrected chi connectivity index (χ0v) is 7.67. The predicted octanol–water partition coefficient (Wildman–Crippen LogP) is 1.33. The first-order valence-corrected chi connectivity index (χ1v) is 4.10. The van der Waals surface area contributed by atoms with Crippen molar-refractivity contribution in [2.75, 3.05) is 11.5 Å². The summed E-state index contributed by atoms with van der Waals surface area (Å²) in [7, 11) is 0. The molecule has 2 heterocycles. The summed E-state index contributed by atoms with van der Waals surface area (Å²) in [6, 6.07) is 7.20. The standard InChI is InChI=1S/2C5H6N2/c2*6-5-2-1-3-7-4-5/h2*1-4H,6H2. The van der Waals surface area contributed by atoms with Gasteiger partial charge in [0.2, 0.25) is 0 Å². The third-order valence-electron chi connectivity index (χ3n) is 1.37. The van der Waals surface area contributed by atoms with Crippen molar-refractivity contribution in [3.05, 3.63) is 49.1 Å². The maximum atomic E-state index is 5.30. The van der Waals surface area contributed by atoms with Crippen LogP contribution in [0, 0.1) is 0 Å². The van der Waals surface area contributed by atoms with Gasteiger partial charge in [-0.3, -0.25) is 9.97 Å². The molecule has 14 heavy (non-hydrogen) atoms. The van der Waals surface area contributed by atoms with Crippen LogP contribution in [0.25, 0.3) is 0 Å². The second kappa shape index (κ2) is 5.53. The summed E-state index contributed by atoms with van der Waals surface area (Å²) in [4.78, 5) is 7.52. The fourth-order valence-corrected chi connectivity index (χ4v) is 0.752. The van der Waals surface area contributed by atoms with Crippen LogP contribution >= 0.6 is 0 Å². The van der Waals surface area contributed by atoms with Crippen molar-refractivity contribution in [2.24, 2.45) is 0 Å². The van der Waals surface area contributed by atoms with E-state index in [0.29, 0.717) is 11.4 Å². The molecule has 4 heteroatoms. The van der Waals surface area contributed by atoms with Gasteiger partial charge in [-0.15, -0.1) is 0 Å². The summed E-state index contributed by atoms with van der Waals surface area (Å²) < 4.78 is 0. The highest BCUT2D eigenvalue weighted by molar-refractivity contribution is 5.32. The minimum atomic E-state index is 0.711. The SMILES string of the molecule is Nc1cccnc1.Nc1cccnc1. The molecule has 0 bridgehead atoms. The third-order valence-corrected chi connectivity index (χ3v) is 1.37.